The lowest BCUT2D eigenvalue weighted by Gasteiger charge is -2.10. The van der Waals surface area contributed by atoms with Crippen molar-refractivity contribution in [3.05, 3.63) is 59.2 Å². The molecule has 2 N–H and O–H groups in total. The molecule has 7 heteroatoms. The number of halogens is 2. The Morgan fingerprint density at radius 1 is 0.840 bits per heavy atom. The Kier molecular flexibility index (Phi) is 6.19. The Labute approximate surface area is 144 Å². The molecule has 0 spiro atoms. The summed E-state index contributed by atoms with van der Waals surface area (Å²) in [4.78, 5) is 23.5. The number of benzene rings is 2. The lowest BCUT2D eigenvalue weighted by Crippen LogP contribution is -2.24. The number of hydrogen-bond acceptors (Lipinski definition) is 3. The van der Waals surface area contributed by atoms with Crippen molar-refractivity contribution in [3.8, 4) is 0 Å². The zero-order valence-corrected chi connectivity index (χ0v) is 13.9. The molecule has 2 amide bonds. The van der Waals surface area contributed by atoms with Gasteiger partial charge in [0.15, 0.2) is 0 Å². The second kappa shape index (κ2) is 8.34. The Bertz CT molecular complexity index is 728. The van der Waals surface area contributed by atoms with Crippen LogP contribution in [-0.2, 0) is 14.3 Å². The van der Waals surface area contributed by atoms with Crippen LogP contribution in [0.4, 0.5) is 20.2 Å². The summed E-state index contributed by atoms with van der Waals surface area (Å²) in [6.07, 6.45) is 0. The molecule has 0 heterocycles. The molecule has 2 aromatic carbocycles. The summed E-state index contributed by atoms with van der Waals surface area (Å²) in [5.41, 5.74) is 2.09. The number of anilines is 2. The van der Waals surface area contributed by atoms with E-state index >= 15 is 0 Å². The van der Waals surface area contributed by atoms with Crippen molar-refractivity contribution in [2.75, 3.05) is 23.8 Å². The maximum absolute atomic E-state index is 13.2. The third kappa shape index (κ3) is 5.65. The van der Waals surface area contributed by atoms with E-state index < -0.39 is 23.4 Å². The lowest BCUT2D eigenvalue weighted by molar-refractivity contribution is -0.125. The molecule has 0 saturated heterocycles. The van der Waals surface area contributed by atoms with Gasteiger partial charge in [0.05, 0.1) is 0 Å². The molecule has 25 heavy (non-hydrogen) atoms. The van der Waals surface area contributed by atoms with Gasteiger partial charge in [-0.2, -0.15) is 0 Å². The summed E-state index contributed by atoms with van der Waals surface area (Å²) in [5, 5.41) is 5.01. The fraction of sp³-hybridized carbons (Fsp3) is 0.222. The molecule has 0 aromatic heterocycles. The molecule has 5 nitrogen and oxygen atoms in total. The smallest absolute Gasteiger partial charge is 0.250 e. The largest absolute Gasteiger partial charge is 0.362 e. The molecule has 0 unspecified atom stereocenters. The molecule has 0 aliphatic carbocycles. The number of nitrogens with one attached hydrogen (secondary N) is 2. The van der Waals surface area contributed by atoms with Crippen molar-refractivity contribution < 1.29 is 23.1 Å². The van der Waals surface area contributed by atoms with Crippen molar-refractivity contribution in [3.63, 3.8) is 0 Å². The molecule has 0 atom stereocenters. The fourth-order valence-corrected chi connectivity index (χ4v) is 2.07. The number of amides is 2. The summed E-state index contributed by atoms with van der Waals surface area (Å²) in [6, 6.07) is 8.07. The van der Waals surface area contributed by atoms with E-state index in [-0.39, 0.29) is 13.2 Å². The third-order valence-electron chi connectivity index (χ3n) is 3.41. The first-order chi connectivity index (χ1) is 11.8. The predicted molar refractivity (Wildman–Crippen MR) is 90.4 cm³/mol. The topological polar surface area (TPSA) is 67.4 Å². The van der Waals surface area contributed by atoms with Crippen LogP contribution in [0.1, 0.15) is 11.1 Å². The predicted octanol–water partition coefficient (Wildman–Crippen LogP) is 3.18. The van der Waals surface area contributed by atoms with Gasteiger partial charge in [-0.15, -0.1) is 0 Å². The molecule has 132 valence electrons. The second-order valence-electron chi connectivity index (χ2n) is 5.51. The first-order valence-electron chi connectivity index (χ1n) is 7.55. The van der Waals surface area contributed by atoms with Gasteiger partial charge in [-0.25, -0.2) is 8.78 Å². The van der Waals surface area contributed by atoms with Gasteiger partial charge in [0.25, 0.3) is 0 Å². The molecule has 2 aromatic rings. The molecule has 0 aliphatic heterocycles. The van der Waals surface area contributed by atoms with E-state index in [4.69, 9.17) is 4.74 Å². The van der Waals surface area contributed by atoms with Crippen LogP contribution in [-0.4, -0.2) is 25.0 Å². The van der Waals surface area contributed by atoms with Gasteiger partial charge in [-0.05, 0) is 49.2 Å². The lowest BCUT2D eigenvalue weighted by atomic mass is 10.2. The van der Waals surface area contributed by atoms with Crippen molar-refractivity contribution in [1.29, 1.82) is 0 Å². The summed E-state index contributed by atoms with van der Waals surface area (Å²) < 4.78 is 31.4. The average Bonchev–Trinajstić information content (AvgIpc) is 2.54. The summed E-state index contributed by atoms with van der Waals surface area (Å²) in [5.74, 6) is -1.95. The average molecular weight is 348 g/mol. The van der Waals surface area contributed by atoms with Gasteiger partial charge in [-0.3, -0.25) is 9.59 Å². The van der Waals surface area contributed by atoms with Crippen LogP contribution in [0.5, 0.6) is 0 Å². The highest BCUT2D eigenvalue weighted by molar-refractivity contribution is 5.94. The van der Waals surface area contributed by atoms with E-state index in [1.165, 1.54) is 24.3 Å². The van der Waals surface area contributed by atoms with E-state index in [0.717, 1.165) is 0 Å². The van der Waals surface area contributed by atoms with Crippen molar-refractivity contribution in [2.24, 2.45) is 0 Å². The Morgan fingerprint density at radius 3 is 1.64 bits per heavy atom. The van der Waals surface area contributed by atoms with Crippen LogP contribution >= 0.6 is 0 Å². The second-order valence-corrected chi connectivity index (χ2v) is 5.51. The van der Waals surface area contributed by atoms with Crippen LogP contribution in [0.2, 0.25) is 0 Å². The van der Waals surface area contributed by atoms with Gasteiger partial charge >= 0.3 is 0 Å². The Balaban J connectivity index is 1.79. The highest BCUT2D eigenvalue weighted by Gasteiger charge is 2.09. The summed E-state index contributed by atoms with van der Waals surface area (Å²) in [6.45, 7) is 2.71. The maximum atomic E-state index is 13.2. The molecule has 0 radical (unpaired) electrons. The first kappa shape index (κ1) is 18.5. The minimum atomic E-state index is -0.511. The fourth-order valence-electron chi connectivity index (χ4n) is 2.07. The number of hydrogen-bond donors (Lipinski definition) is 2. The van der Waals surface area contributed by atoms with Gasteiger partial charge in [0.1, 0.15) is 24.8 Å². The van der Waals surface area contributed by atoms with E-state index in [9.17, 15) is 18.4 Å². The van der Waals surface area contributed by atoms with Gasteiger partial charge < -0.3 is 15.4 Å². The monoisotopic (exact) mass is 348 g/mol. The molecule has 2 rings (SSSR count). The minimum absolute atomic E-state index is 0.341. The maximum Gasteiger partial charge on any atom is 0.250 e. The van der Waals surface area contributed by atoms with Crippen LogP contribution < -0.4 is 10.6 Å². The number of ether oxygens (including phenoxy) is 1. The van der Waals surface area contributed by atoms with E-state index in [1.807, 2.05) is 0 Å². The van der Waals surface area contributed by atoms with Gasteiger partial charge in [0, 0.05) is 11.4 Å². The van der Waals surface area contributed by atoms with E-state index in [1.54, 1.807) is 26.0 Å². The quantitative estimate of drug-likeness (QED) is 0.843. The zero-order chi connectivity index (χ0) is 18.4. The van der Waals surface area contributed by atoms with Gasteiger partial charge in [-0.1, -0.05) is 12.1 Å². The van der Waals surface area contributed by atoms with Crippen LogP contribution in [0, 0.1) is 25.5 Å². The summed E-state index contributed by atoms with van der Waals surface area (Å²) >= 11 is 0. The minimum Gasteiger partial charge on any atom is -0.362 e. The number of carbonyl (C=O) groups is 2. The Morgan fingerprint density at radius 2 is 1.24 bits per heavy atom. The van der Waals surface area contributed by atoms with Crippen molar-refractivity contribution >= 4 is 23.2 Å². The molecule has 0 fully saturated rings. The molecule has 0 bridgehead atoms. The standard InChI is InChI=1S/C18H18F2N2O3/c1-11-3-5-13(19)7-15(11)21-17(23)9-25-10-18(24)22-16-8-14(20)6-4-12(16)2/h3-8H,9-10H2,1-2H3,(H,21,23)(H,22,24). The normalized spacial score (nSPS) is 10.4. The third-order valence-corrected chi connectivity index (χ3v) is 3.41. The van der Waals surface area contributed by atoms with Crippen molar-refractivity contribution in [1.82, 2.24) is 0 Å². The number of carbonyl (C=O) groups excluding carboxylic acids is 2. The number of aryl methyl sites for hydroxylation is 2. The SMILES string of the molecule is Cc1ccc(F)cc1NC(=O)COCC(=O)Nc1cc(F)ccc1C. The molecule has 0 aliphatic rings. The Hall–Kier alpha value is -2.80. The van der Waals surface area contributed by atoms with Gasteiger partial charge in [0.2, 0.25) is 11.8 Å². The van der Waals surface area contributed by atoms with E-state index in [0.29, 0.717) is 22.5 Å². The van der Waals surface area contributed by atoms with Crippen LogP contribution in [0.25, 0.3) is 0 Å². The zero-order valence-electron chi connectivity index (χ0n) is 13.9. The van der Waals surface area contributed by atoms with Crippen LogP contribution in [0.15, 0.2) is 36.4 Å². The summed E-state index contributed by atoms with van der Waals surface area (Å²) in [7, 11) is 0. The molecule has 0 saturated carbocycles. The van der Waals surface area contributed by atoms with Crippen LogP contribution in [0.3, 0.4) is 0 Å². The number of rotatable bonds is 6. The van der Waals surface area contributed by atoms with E-state index in [2.05, 4.69) is 10.6 Å². The molecular weight excluding hydrogens is 330 g/mol. The highest BCUT2D eigenvalue weighted by atomic mass is 19.1. The van der Waals surface area contributed by atoms with Crippen molar-refractivity contribution in [2.45, 2.75) is 13.8 Å². The highest BCUT2D eigenvalue weighted by Crippen LogP contribution is 2.16. The molecular formula is C18H18F2N2O3. The first-order valence-corrected chi connectivity index (χ1v) is 7.55.